The zero-order chi connectivity index (χ0) is 23.7. The predicted octanol–water partition coefficient (Wildman–Crippen LogP) is 5.45. The third-order valence-electron chi connectivity index (χ3n) is 6.53. The Hall–Kier alpha value is -3.38. The lowest BCUT2D eigenvalue weighted by molar-refractivity contribution is 0.122. The summed E-state index contributed by atoms with van der Waals surface area (Å²) in [4.78, 5) is 11.8. The number of fused-ring (bicyclic) bond motifs is 1. The molecule has 0 saturated carbocycles. The number of anilines is 2. The third kappa shape index (κ3) is 4.38. The number of benzene rings is 2. The molecule has 176 valence electrons. The molecule has 0 atom stereocenters. The number of hydrogen-bond acceptors (Lipinski definition) is 5. The Kier molecular flexibility index (Phi) is 6.00. The van der Waals surface area contributed by atoms with Crippen molar-refractivity contribution in [2.45, 2.75) is 39.7 Å². The average molecular weight is 456 g/mol. The molecule has 0 radical (unpaired) electrons. The van der Waals surface area contributed by atoms with Crippen molar-refractivity contribution in [1.29, 1.82) is 0 Å². The van der Waals surface area contributed by atoms with E-state index < -0.39 is 0 Å². The van der Waals surface area contributed by atoms with Crippen LogP contribution in [-0.4, -0.2) is 40.7 Å². The Morgan fingerprint density at radius 2 is 1.74 bits per heavy atom. The molecule has 0 aliphatic carbocycles. The van der Waals surface area contributed by atoms with Gasteiger partial charge in [0.1, 0.15) is 5.82 Å². The van der Waals surface area contributed by atoms with Crippen LogP contribution in [0.5, 0.6) is 0 Å². The number of ether oxygens (including phenoxy) is 1. The number of morpholine rings is 1. The van der Waals surface area contributed by atoms with Crippen LogP contribution in [0.1, 0.15) is 37.6 Å². The van der Waals surface area contributed by atoms with Crippen LogP contribution in [0.4, 0.5) is 11.6 Å². The van der Waals surface area contributed by atoms with E-state index in [2.05, 4.69) is 95.8 Å². The molecule has 1 saturated heterocycles. The molecule has 2 aromatic carbocycles. The summed E-state index contributed by atoms with van der Waals surface area (Å²) < 4.78 is 7.63. The molecule has 0 spiro atoms. The lowest BCUT2D eigenvalue weighted by atomic mass is 9.86. The number of hydrogen-bond donors (Lipinski definition) is 1. The highest BCUT2D eigenvalue weighted by molar-refractivity contribution is 5.71. The molecule has 4 aromatic rings. The van der Waals surface area contributed by atoms with Crippen LogP contribution in [-0.2, 0) is 16.7 Å². The minimum Gasteiger partial charge on any atom is -0.378 e. The number of rotatable bonds is 5. The largest absolute Gasteiger partial charge is 0.378 e. The van der Waals surface area contributed by atoms with Crippen molar-refractivity contribution in [3.63, 3.8) is 0 Å². The smallest absolute Gasteiger partial charge is 0.182 e. The standard InChI is InChI=1S/C28H33N5O/c1-20-25(33-14-13-29-26(27(33)31-20)32-15-17-34-18-16-32)30-19-22-7-5-6-8-24(22)21-9-11-23(12-10-21)28(2,3)4/h5-14,30H,15-19H2,1-4H3. The Labute approximate surface area is 201 Å². The molecule has 1 aliphatic heterocycles. The van der Waals surface area contributed by atoms with Gasteiger partial charge in [0.25, 0.3) is 0 Å². The van der Waals surface area contributed by atoms with Crippen molar-refractivity contribution in [3.05, 3.63) is 77.7 Å². The monoisotopic (exact) mass is 455 g/mol. The molecule has 2 aromatic heterocycles. The van der Waals surface area contributed by atoms with E-state index in [9.17, 15) is 0 Å². The van der Waals surface area contributed by atoms with Gasteiger partial charge in [-0.3, -0.25) is 4.40 Å². The molecule has 0 amide bonds. The number of nitrogens with one attached hydrogen (secondary N) is 1. The average Bonchev–Trinajstić information content (AvgIpc) is 3.18. The second-order valence-electron chi connectivity index (χ2n) is 9.93. The van der Waals surface area contributed by atoms with Gasteiger partial charge in [0.05, 0.1) is 18.9 Å². The van der Waals surface area contributed by atoms with E-state index in [0.717, 1.165) is 49.3 Å². The van der Waals surface area contributed by atoms with Gasteiger partial charge in [-0.1, -0.05) is 69.3 Å². The van der Waals surface area contributed by atoms with Crippen LogP contribution in [0.15, 0.2) is 60.9 Å². The van der Waals surface area contributed by atoms with Crippen molar-refractivity contribution in [3.8, 4) is 11.1 Å². The van der Waals surface area contributed by atoms with Gasteiger partial charge in [0, 0.05) is 32.0 Å². The number of aromatic nitrogens is 3. The first-order chi connectivity index (χ1) is 16.4. The highest BCUT2D eigenvalue weighted by atomic mass is 16.5. The van der Waals surface area contributed by atoms with Crippen molar-refractivity contribution in [2.24, 2.45) is 0 Å². The fourth-order valence-electron chi connectivity index (χ4n) is 4.57. The molecule has 1 fully saturated rings. The van der Waals surface area contributed by atoms with Gasteiger partial charge < -0.3 is 15.0 Å². The third-order valence-corrected chi connectivity index (χ3v) is 6.53. The highest BCUT2D eigenvalue weighted by Crippen LogP contribution is 2.30. The first-order valence-electron chi connectivity index (χ1n) is 12.0. The molecular formula is C28H33N5O. The first kappa shape index (κ1) is 22.4. The number of aryl methyl sites for hydroxylation is 1. The van der Waals surface area contributed by atoms with Gasteiger partial charge in [0.2, 0.25) is 0 Å². The molecular weight excluding hydrogens is 422 g/mol. The van der Waals surface area contributed by atoms with Crippen LogP contribution in [0, 0.1) is 6.92 Å². The van der Waals surface area contributed by atoms with E-state index in [1.54, 1.807) is 0 Å². The molecule has 6 heteroatoms. The van der Waals surface area contributed by atoms with Crippen LogP contribution < -0.4 is 10.2 Å². The Morgan fingerprint density at radius 3 is 2.47 bits per heavy atom. The van der Waals surface area contributed by atoms with Crippen LogP contribution in [0.3, 0.4) is 0 Å². The van der Waals surface area contributed by atoms with Gasteiger partial charge >= 0.3 is 0 Å². The van der Waals surface area contributed by atoms with E-state index in [4.69, 9.17) is 9.72 Å². The summed E-state index contributed by atoms with van der Waals surface area (Å²) in [6.45, 7) is 12.6. The number of nitrogens with zero attached hydrogens (tertiary/aromatic N) is 4. The van der Waals surface area contributed by atoms with Crippen LogP contribution >= 0.6 is 0 Å². The summed E-state index contributed by atoms with van der Waals surface area (Å²) in [5.41, 5.74) is 7.08. The normalized spacial score (nSPS) is 14.5. The molecule has 1 N–H and O–H groups in total. The van der Waals surface area contributed by atoms with Gasteiger partial charge in [-0.05, 0) is 34.6 Å². The predicted molar refractivity (Wildman–Crippen MR) is 139 cm³/mol. The van der Waals surface area contributed by atoms with Crippen molar-refractivity contribution in [2.75, 3.05) is 36.5 Å². The second kappa shape index (κ2) is 9.11. The van der Waals surface area contributed by atoms with E-state index in [-0.39, 0.29) is 5.41 Å². The lowest BCUT2D eigenvalue weighted by Crippen LogP contribution is -2.37. The highest BCUT2D eigenvalue weighted by Gasteiger charge is 2.19. The Balaban J connectivity index is 1.42. The zero-order valence-electron chi connectivity index (χ0n) is 20.5. The second-order valence-corrected chi connectivity index (χ2v) is 9.93. The van der Waals surface area contributed by atoms with E-state index in [1.807, 2.05) is 12.4 Å². The van der Waals surface area contributed by atoms with Gasteiger partial charge in [-0.2, -0.15) is 0 Å². The maximum atomic E-state index is 5.51. The van der Waals surface area contributed by atoms with E-state index in [1.165, 1.54) is 22.3 Å². The molecule has 5 rings (SSSR count). The summed E-state index contributed by atoms with van der Waals surface area (Å²) in [7, 11) is 0. The molecule has 0 bridgehead atoms. The Bertz CT molecular complexity index is 1280. The Morgan fingerprint density at radius 1 is 1.00 bits per heavy atom. The van der Waals surface area contributed by atoms with Crippen molar-refractivity contribution in [1.82, 2.24) is 14.4 Å². The van der Waals surface area contributed by atoms with Gasteiger partial charge in [-0.15, -0.1) is 0 Å². The van der Waals surface area contributed by atoms with Crippen LogP contribution in [0.2, 0.25) is 0 Å². The van der Waals surface area contributed by atoms with Gasteiger partial charge in [-0.25, -0.2) is 9.97 Å². The molecule has 1 aliphatic rings. The first-order valence-corrected chi connectivity index (χ1v) is 12.0. The lowest BCUT2D eigenvalue weighted by Gasteiger charge is -2.27. The molecule has 34 heavy (non-hydrogen) atoms. The maximum absolute atomic E-state index is 5.51. The van der Waals surface area contributed by atoms with Gasteiger partial charge in [0.15, 0.2) is 11.5 Å². The minimum absolute atomic E-state index is 0.148. The molecule has 3 heterocycles. The quantitative estimate of drug-likeness (QED) is 0.434. The van der Waals surface area contributed by atoms with Crippen molar-refractivity contribution < 1.29 is 4.74 Å². The summed E-state index contributed by atoms with van der Waals surface area (Å²) >= 11 is 0. The minimum atomic E-state index is 0.148. The fraction of sp³-hybridized carbons (Fsp3) is 0.357. The van der Waals surface area contributed by atoms with E-state index in [0.29, 0.717) is 6.54 Å². The molecule has 6 nitrogen and oxygen atoms in total. The fourth-order valence-corrected chi connectivity index (χ4v) is 4.57. The van der Waals surface area contributed by atoms with Crippen molar-refractivity contribution >= 4 is 17.3 Å². The summed E-state index contributed by atoms with van der Waals surface area (Å²) in [5, 5.41) is 3.66. The maximum Gasteiger partial charge on any atom is 0.182 e. The van der Waals surface area contributed by atoms with E-state index >= 15 is 0 Å². The summed E-state index contributed by atoms with van der Waals surface area (Å²) in [5.74, 6) is 1.92. The van der Waals surface area contributed by atoms with Crippen LogP contribution in [0.25, 0.3) is 16.8 Å². The SMILES string of the molecule is Cc1nc2c(N3CCOCC3)nccn2c1NCc1ccccc1-c1ccc(C(C)(C)C)cc1. The topological polar surface area (TPSA) is 54.7 Å². The summed E-state index contributed by atoms with van der Waals surface area (Å²) in [6.07, 6.45) is 3.84. The number of imidazole rings is 1. The zero-order valence-corrected chi connectivity index (χ0v) is 20.5. The summed E-state index contributed by atoms with van der Waals surface area (Å²) in [6, 6.07) is 17.6. The molecule has 0 unspecified atom stereocenters.